The van der Waals surface area contributed by atoms with Crippen LogP contribution in [0.5, 0.6) is 0 Å². The van der Waals surface area contributed by atoms with Gasteiger partial charge in [-0.25, -0.2) is 15.0 Å². The summed E-state index contributed by atoms with van der Waals surface area (Å²) in [6.45, 7) is 27.3. The number of rotatable bonds is 0. The molecule has 0 unspecified atom stereocenters. The van der Waals surface area contributed by atoms with Gasteiger partial charge < -0.3 is 19.9 Å². The molecule has 0 amide bonds. The Morgan fingerprint density at radius 1 is 0.517 bits per heavy atom. The van der Waals surface area contributed by atoms with Crippen LogP contribution in [0, 0.1) is 6.07 Å². The molecule has 0 fully saturated rings. The van der Waals surface area contributed by atoms with Gasteiger partial charge in [0.2, 0.25) is 0 Å². The summed E-state index contributed by atoms with van der Waals surface area (Å²) in [6, 6.07) is 26.5. The number of H-pyrrole nitrogens is 1. The monoisotopic (exact) mass is 803 g/mol. The molecule has 1 N–H and O–H groups in total. The van der Waals surface area contributed by atoms with E-state index in [-0.39, 0.29) is 21.7 Å². The zero-order valence-corrected chi connectivity index (χ0v) is 36.7. The Balaban J connectivity index is 0.00000231. The fourth-order valence-corrected chi connectivity index (χ4v) is 8.43. The zero-order valence-electron chi connectivity index (χ0n) is 35.3. The summed E-state index contributed by atoms with van der Waals surface area (Å²) in [6.07, 6.45) is 0. The first-order valence-corrected chi connectivity index (χ1v) is 20.3. The number of aromatic nitrogens is 8. The van der Waals surface area contributed by atoms with Gasteiger partial charge in [-0.15, -0.1) is 22.8 Å². The first-order valence-electron chi connectivity index (χ1n) is 19.7. The van der Waals surface area contributed by atoms with Crippen LogP contribution in [0.2, 0.25) is 0 Å². The van der Waals surface area contributed by atoms with Crippen LogP contribution in [0.1, 0.15) is 105 Å². The second kappa shape index (κ2) is 13.6. The van der Waals surface area contributed by atoms with Crippen LogP contribution < -0.4 is 4.98 Å². The molecule has 7 aromatic rings. The van der Waals surface area contributed by atoms with Gasteiger partial charge in [-0.1, -0.05) is 161 Å². The van der Waals surface area contributed by atoms with Gasteiger partial charge in [-0.3, -0.25) is 4.98 Å². The van der Waals surface area contributed by atoms with E-state index in [0.29, 0.717) is 45.9 Å². The summed E-state index contributed by atoms with van der Waals surface area (Å²) in [7, 11) is 0. The molecule has 2 aliphatic heterocycles. The van der Waals surface area contributed by atoms with Crippen molar-refractivity contribution in [3.63, 3.8) is 0 Å². The second-order valence-electron chi connectivity index (χ2n) is 19.4. The summed E-state index contributed by atoms with van der Waals surface area (Å²) in [5.74, 6) is 2.29. The summed E-state index contributed by atoms with van der Waals surface area (Å²) in [5.41, 5.74) is 10.1. The number of nitrogens with one attached hydrogen (secondary N) is 1. The predicted octanol–water partition coefficient (Wildman–Crippen LogP) is 11.4. The van der Waals surface area contributed by atoms with Crippen molar-refractivity contribution in [1.82, 2.24) is 39.9 Å². The van der Waals surface area contributed by atoms with Crippen molar-refractivity contribution in [1.29, 1.82) is 0 Å². The minimum atomic E-state index is -0.268. The van der Waals surface area contributed by atoms with Crippen molar-refractivity contribution < 1.29 is 21.0 Å². The Kier molecular flexibility index (Phi) is 9.25. The first-order chi connectivity index (χ1) is 27.3. The molecule has 58 heavy (non-hydrogen) atoms. The molecule has 8 bridgehead atoms. The van der Waals surface area contributed by atoms with Crippen LogP contribution in [0.15, 0.2) is 66.7 Å². The van der Waals surface area contributed by atoms with Gasteiger partial charge in [-0.2, -0.15) is 0 Å². The maximum atomic E-state index is 8.19. The number of fused-ring (bicyclic) bond motifs is 20. The molecule has 9 rings (SSSR count). The molecule has 0 spiro atoms. The molecule has 3 aromatic heterocycles. The molecular formula is C48H48N8OV. The van der Waals surface area contributed by atoms with Crippen molar-refractivity contribution >= 4 is 44.1 Å². The normalized spacial score (nSPS) is 13.0. The first kappa shape index (κ1) is 39.5. The summed E-state index contributed by atoms with van der Waals surface area (Å²) in [5, 5.41) is 3.67. The summed E-state index contributed by atoms with van der Waals surface area (Å²) < 4.78 is 8.19. The van der Waals surface area contributed by atoms with Gasteiger partial charge in [0.05, 0.1) is 22.9 Å². The summed E-state index contributed by atoms with van der Waals surface area (Å²) >= 11 is 1.06. The molecule has 291 valence electrons. The van der Waals surface area contributed by atoms with Gasteiger partial charge in [0.1, 0.15) is 0 Å². The molecule has 0 saturated heterocycles. The van der Waals surface area contributed by atoms with Crippen LogP contribution in [0.3, 0.4) is 0 Å². The Morgan fingerprint density at radius 2 is 1.02 bits per heavy atom. The van der Waals surface area contributed by atoms with Gasteiger partial charge >= 0.3 is 21.0 Å². The van der Waals surface area contributed by atoms with Crippen LogP contribution in [0.25, 0.3) is 89.7 Å². The van der Waals surface area contributed by atoms with Crippen molar-refractivity contribution in [2.24, 2.45) is 0 Å². The zero-order chi connectivity index (χ0) is 41.7. The molecular weight excluding hydrogens is 756 g/mol. The molecule has 0 aliphatic carbocycles. The number of hydrogen-bond acceptors (Lipinski definition) is 7. The fourth-order valence-electron chi connectivity index (χ4n) is 8.43. The van der Waals surface area contributed by atoms with Crippen molar-refractivity contribution in [2.75, 3.05) is 0 Å². The number of hydrogen-bond donors (Lipinski definition) is 1. The molecule has 0 radical (unpaired) electrons. The quantitative estimate of drug-likeness (QED) is 0.150. The van der Waals surface area contributed by atoms with Crippen molar-refractivity contribution in [3.8, 4) is 45.6 Å². The average molecular weight is 804 g/mol. The van der Waals surface area contributed by atoms with E-state index < -0.39 is 0 Å². The molecule has 5 heterocycles. The molecule has 0 atom stereocenters. The summed E-state index contributed by atoms with van der Waals surface area (Å²) in [4.78, 5) is 40.4. The van der Waals surface area contributed by atoms with E-state index in [0.717, 1.165) is 66.7 Å². The van der Waals surface area contributed by atoms with Crippen molar-refractivity contribution in [3.05, 3.63) is 95.1 Å². The van der Waals surface area contributed by atoms with E-state index in [1.54, 1.807) is 0 Å². The molecule has 0 saturated carbocycles. The van der Waals surface area contributed by atoms with Gasteiger partial charge in [-0.05, 0) is 38.0 Å². The number of nitrogens with zero attached hydrogens (tertiary/aromatic N) is 7. The Bertz CT molecular complexity index is 2990. The standard InChI is InChI=1S/C48H48N8.O.V/c1-45(2,3)31-23-17-22-29-33(31)43-54-41(29)52-39-27-20-15-13-18-25(27)37(50-39)49-38-26-19-14-16-21-28(26)40(51-38)53-42-30-24-32(46(4,5)6)35(47(7,8)9)36(48(10,11)12)34(30)44(55-42)56-43;;/h13-23H,1-12H3,(H-,49,50,51,52,53,54,55,56);;/q-2;;+2. The third kappa shape index (κ3) is 6.49. The second-order valence-corrected chi connectivity index (χ2v) is 19.4. The molecule has 9 nitrogen and oxygen atoms in total. The van der Waals surface area contributed by atoms with Gasteiger partial charge in [0.25, 0.3) is 0 Å². The number of benzene rings is 4. The van der Waals surface area contributed by atoms with E-state index >= 15 is 0 Å². The minimum absolute atomic E-state index is 0.193. The Hall–Kier alpha value is -5.38. The van der Waals surface area contributed by atoms with Crippen molar-refractivity contribution in [2.45, 2.75) is 105 Å². The third-order valence-electron chi connectivity index (χ3n) is 10.9. The third-order valence-corrected chi connectivity index (χ3v) is 10.9. The van der Waals surface area contributed by atoms with E-state index in [9.17, 15) is 0 Å². The van der Waals surface area contributed by atoms with E-state index in [1.807, 2.05) is 42.5 Å². The maximum absolute atomic E-state index is 8.19. The SMILES string of the molecule is CC(C)(C)c1[c-]c2c3nc4nc(nc5[n-]c(nc6nc(nc([nH]3)c2c(C(C)(C)C)c1C(C)(C)C)-c1c-6cccc1C(C)(C)C)c1ccccc51)-c1ccccc1-4.[O]=[V+2]. The average Bonchev–Trinajstić information content (AvgIpc) is 3.89. The Labute approximate surface area is 348 Å². The van der Waals surface area contributed by atoms with Gasteiger partial charge in [0.15, 0.2) is 11.6 Å². The van der Waals surface area contributed by atoms with E-state index in [2.05, 4.69) is 118 Å². The molecule has 10 heteroatoms. The Morgan fingerprint density at radius 3 is 1.57 bits per heavy atom. The fraction of sp³-hybridized carbons (Fsp3) is 0.333. The van der Waals surface area contributed by atoms with Gasteiger partial charge in [0, 0.05) is 33.5 Å². The molecule has 2 aliphatic rings. The van der Waals surface area contributed by atoms with Crippen LogP contribution in [-0.4, -0.2) is 34.9 Å². The van der Waals surface area contributed by atoms with E-state index in [1.165, 1.54) is 16.7 Å². The van der Waals surface area contributed by atoms with E-state index in [4.69, 9.17) is 38.6 Å². The van der Waals surface area contributed by atoms with Crippen LogP contribution >= 0.6 is 0 Å². The van der Waals surface area contributed by atoms with Crippen LogP contribution in [0.4, 0.5) is 0 Å². The van der Waals surface area contributed by atoms with Crippen LogP contribution in [-0.2, 0) is 42.7 Å². The predicted molar refractivity (Wildman–Crippen MR) is 229 cm³/mol. The number of aromatic amines is 1. The topological polar surface area (TPSA) is 124 Å². The molecule has 4 aromatic carbocycles.